The molecule has 0 unspecified atom stereocenters. The van der Waals surface area contributed by atoms with Gasteiger partial charge in [-0.25, -0.2) is 0 Å². The summed E-state index contributed by atoms with van der Waals surface area (Å²) in [6, 6.07) is 16.5. The standard InChI is InChI=1S/C17H16N2/c1-12-6-3-8-15(13(12)2)19-17-10-4-9-16-14(17)7-5-11-18-16/h3-11,19H,1-2H3. The van der Waals surface area contributed by atoms with Crippen molar-refractivity contribution in [3.63, 3.8) is 0 Å². The zero-order valence-electron chi connectivity index (χ0n) is 11.1. The van der Waals surface area contributed by atoms with Gasteiger partial charge in [-0.15, -0.1) is 0 Å². The summed E-state index contributed by atoms with van der Waals surface area (Å²) in [5.74, 6) is 0. The van der Waals surface area contributed by atoms with Gasteiger partial charge in [-0.05, 0) is 55.3 Å². The van der Waals surface area contributed by atoms with E-state index in [4.69, 9.17) is 0 Å². The first kappa shape index (κ1) is 11.7. The van der Waals surface area contributed by atoms with E-state index >= 15 is 0 Å². The fourth-order valence-electron chi connectivity index (χ4n) is 2.24. The van der Waals surface area contributed by atoms with Crippen molar-refractivity contribution in [3.8, 4) is 0 Å². The molecule has 0 aliphatic heterocycles. The molecule has 1 aromatic heterocycles. The lowest BCUT2D eigenvalue weighted by atomic mass is 10.1. The summed E-state index contributed by atoms with van der Waals surface area (Å²) in [5.41, 5.74) is 5.83. The minimum atomic E-state index is 1.01. The van der Waals surface area contributed by atoms with Crippen molar-refractivity contribution < 1.29 is 0 Å². The Morgan fingerprint density at radius 1 is 0.842 bits per heavy atom. The molecule has 0 bridgehead atoms. The van der Waals surface area contributed by atoms with Gasteiger partial charge >= 0.3 is 0 Å². The molecule has 0 radical (unpaired) electrons. The molecule has 94 valence electrons. The fourth-order valence-corrected chi connectivity index (χ4v) is 2.24. The second-order valence-corrected chi connectivity index (χ2v) is 4.75. The van der Waals surface area contributed by atoms with Crippen LogP contribution in [0.5, 0.6) is 0 Å². The minimum absolute atomic E-state index is 1.01. The van der Waals surface area contributed by atoms with Crippen molar-refractivity contribution in [2.24, 2.45) is 0 Å². The third kappa shape index (κ3) is 2.17. The first-order chi connectivity index (χ1) is 9.25. The van der Waals surface area contributed by atoms with Crippen LogP contribution in [0.4, 0.5) is 11.4 Å². The quantitative estimate of drug-likeness (QED) is 0.717. The van der Waals surface area contributed by atoms with E-state index in [0.29, 0.717) is 0 Å². The van der Waals surface area contributed by atoms with Crippen molar-refractivity contribution >= 4 is 22.3 Å². The van der Waals surface area contributed by atoms with Crippen LogP contribution in [0.2, 0.25) is 0 Å². The molecule has 0 spiro atoms. The Hall–Kier alpha value is -2.35. The number of hydrogen-bond acceptors (Lipinski definition) is 2. The van der Waals surface area contributed by atoms with E-state index in [0.717, 1.165) is 22.3 Å². The van der Waals surface area contributed by atoms with Gasteiger partial charge in [-0.2, -0.15) is 0 Å². The molecule has 3 rings (SSSR count). The number of benzene rings is 2. The lowest BCUT2D eigenvalue weighted by Crippen LogP contribution is -1.95. The molecular formula is C17H16N2. The van der Waals surface area contributed by atoms with Crippen molar-refractivity contribution in [3.05, 3.63) is 65.9 Å². The topological polar surface area (TPSA) is 24.9 Å². The number of fused-ring (bicyclic) bond motifs is 1. The van der Waals surface area contributed by atoms with E-state index in [1.54, 1.807) is 0 Å². The Kier molecular flexibility index (Phi) is 2.92. The number of anilines is 2. The largest absolute Gasteiger partial charge is 0.355 e. The van der Waals surface area contributed by atoms with Gasteiger partial charge in [0.15, 0.2) is 0 Å². The lowest BCUT2D eigenvalue weighted by molar-refractivity contribution is 1.33. The molecule has 19 heavy (non-hydrogen) atoms. The normalized spacial score (nSPS) is 10.6. The van der Waals surface area contributed by atoms with E-state index in [1.165, 1.54) is 11.1 Å². The second-order valence-electron chi connectivity index (χ2n) is 4.75. The molecule has 0 saturated carbocycles. The van der Waals surface area contributed by atoms with E-state index in [-0.39, 0.29) is 0 Å². The molecule has 2 heteroatoms. The molecule has 2 nitrogen and oxygen atoms in total. The Bertz CT molecular complexity index is 727. The van der Waals surface area contributed by atoms with Crippen molar-refractivity contribution in [2.75, 3.05) is 5.32 Å². The molecule has 0 amide bonds. The number of hydrogen-bond donors (Lipinski definition) is 1. The van der Waals surface area contributed by atoms with Crippen molar-refractivity contribution in [1.29, 1.82) is 0 Å². The molecule has 0 saturated heterocycles. The smallest absolute Gasteiger partial charge is 0.0722 e. The van der Waals surface area contributed by atoms with Gasteiger partial charge in [0.05, 0.1) is 5.52 Å². The highest BCUT2D eigenvalue weighted by Crippen LogP contribution is 2.27. The highest BCUT2D eigenvalue weighted by atomic mass is 14.9. The monoisotopic (exact) mass is 248 g/mol. The predicted octanol–water partition coefficient (Wildman–Crippen LogP) is 4.60. The molecule has 1 heterocycles. The molecule has 1 N–H and O–H groups in total. The highest BCUT2D eigenvalue weighted by Gasteiger charge is 2.04. The summed E-state index contributed by atoms with van der Waals surface area (Å²) in [6.45, 7) is 4.27. The van der Waals surface area contributed by atoms with Crippen LogP contribution in [0.25, 0.3) is 10.9 Å². The molecule has 2 aromatic carbocycles. The van der Waals surface area contributed by atoms with Crippen molar-refractivity contribution in [2.45, 2.75) is 13.8 Å². The molecule has 3 aromatic rings. The summed E-state index contributed by atoms with van der Waals surface area (Å²) < 4.78 is 0. The van der Waals surface area contributed by atoms with Crippen LogP contribution in [-0.4, -0.2) is 4.98 Å². The van der Waals surface area contributed by atoms with Gasteiger partial charge in [0.1, 0.15) is 0 Å². The second kappa shape index (κ2) is 4.73. The summed E-state index contributed by atoms with van der Waals surface area (Å²) in [7, 11) is 0. The van der Waals surface area contributed by atoms with E-state index in [9.17, 15) is 0 Å². The van der Waals surface area contributed by atoms with Crippen LogP contribution < -0.4 is 5.32 Å². The average Bonchev–Trinajstić information content (AvgIpc) is 2.44. The van der Waals surface area contributed by atoms with Crippen LogP contribution in [0, 0.1) is 13.8 Å². The van der Waals surface area contributed by atoms with Gasteiger partial charge in [0.2, 0.25) is 0 Å². The number of nitrogens with zero attached hydrogens (tertiary/aromatic N) is 1. The Morgan fingerprint density at radius 3 is 2.53 bits per heavy atom. The summed E-state index contributed by atoms with van der Waals surface area (Å²) in [4.78, 5) is 4.38. The molecule has 0 aliphatic carbocycles. The number of nitrogens with one attached hydrogen (secondary N) is 1. The van der Waals surface area contributed by atoms with Crippen LogP contribution in [0.15, 0.2) is 54.7 Å². The number of pyridine rings is 1. The molecular weight excluding hydrogens is 232 g/mol. The molecule has 0 atom stereocenters. The Balaban J connectivity index is 2.09. The Morgan fingerprint density at radius 2 is 1.63 bits per heavy atom. The minimum Gasteiger partial charge on any atom is -0.355 e. The van der Waals surface area contributed by atoms with Gasteiger partial charge in [0, 0.05) is 23.0 Å². The third-order valence-electron chi connectivity index (χ3n) is 3.52. The average molecular weight is 248 g/mol. The van der Waals surface area contributed by atoms with E-state index < -0.39 is 0 Å². The lowest BCUT2D eigenvalue weighted by Gasteiger charge is -2.13. The maximum absolute atomic E-state index is 4.38. The molecule has 0 aliphatic rings. The van der Waals surface area contributed by atoms with E-state index in [2.05, 4.69) is 54.5 Å². The van der Waals surface area contributed by atoms with Gasteiger partial charge in [0.25, 0.3) is 0 Å². The summed E-state index contributed by atoms with van der Waals surface area (Å²) in [5, 5.41) is 4.66. The zero-order valence-corrected chi connectivity index (χ0v) is 11.1. The maximum Gasteiger partial charge on any atom is 0.0722 e. The predicted molar refractivity (Wildman–Crippen MR) is 80.9 cm³/mol. The van der Waals surface area contributed by atoms with Gasteiger partial charge < -0.3 is 5.32 Å². The van der Waals surface area contributed by atoms with Crippen LogP contribution in [0.1, 0.15) is 11.1 Å². The SMILES string of the molecule is Cc1cccc(Nc2cccc3ncccc23)c1C. The van der Waals surface area contributed by atoms with Crippen LogP contribution in [0.3, 0.4) is 0 Å². The van der Waals surface area contributed by atoms with Crippen molar-refractivity contribution in [1.82, 2.24) is 4.98 Å². The third-order valence-corrected chi connectivity index (χ3v) is 3.52. The van der Waals surface area contributed by atoms with Gasteiger partial charge in [-0.3, -0.25) is 4.98 Å². The summed E-state index contributed by atoms with van der Waals surface area (Å²) in [6.07, 6.45) is 1.82. The van der Waals surface area contributed by atoms with Crippen LogP contribution >= 0.6 is 0 Å². The zero-order chi connectivity index (χ0) is 13.2. The first-order valence-electron chi connectivity index (χ1n) is 6.43. The number of aryl methyl sites for hydroxylation is 1. The first-order valence-corrected chi connectivity index (χ1v) is 6.43. The van der Waals surface area contributed by atoms with E-state index in [1.807, 2.05) is 24.4 Å². The number of aromatic nitrogens is 1. The maximum atomic E-state index is 4.38. The Labute approximate surface area is 113 Å². The highest BCUT2D eigenvalue weighted by molar-refractivity contribution is 5.93. The summed E-state index contributed by atoms with van der Waals surface area (Å²) >= 11 is 0. The molecule has 0 fully saturated rings. The van der Waals surface area contributed by atoms with Gasteiger partial charge in [-0.1, -0.05) is 18.2 Å². The fraction of sp³-hybridized carbons (Fsp3) is 0.118. The number of rotatable bonds is 2. The van der Waals surface area contributed by atoms with Crippen LogP contribution in [-0.2, 0) is 0 Å².